The Hall–Kier alpha value is -1.85. The van der Waals surface area contributed by atoms with Crippen LogP contribution in [0.1, 0.15) is 13.3 Å². The van der Waals surface area contributed by atoms with Crippen molar-refractivity contribution in [3.05, 3.63) is 22.2 Å². The van der Waals surface area contributed by atoms with E-state index in [-0.39, 0.29) is 5.69 Å². The Morgan fingerprint density at radius 3 is 2.69 bits per heavy atom. The number of nitrogens with one attached hydrogen (secondary N) is 1. The maximum absolute atomic E-state index is 10.8. The van der Waals surface area contributed by atoms with E-state index < -0.39 is 4.92 Å². The molecule has 0 saturated heterocycles. The largest absolute Gasteiger partial charge is 0.370 e. The van der Waals surface area contributed by atoms with Gasteiger partial charge in [0.25, 0.3) is 0 Å². The minimum absolute atomic E-state index is 0.0204. The highest BCUT2D eigenvalue weighted by atomic mass is 16.6. The van der Waals surface area contributed by atoms with E-state index in [0.29, 0.717) is 11.6 Å². The molecule has 0 fully saturated rings. The van der Waals surface area contributed by atoms with Gasteiger partial charge in [0, 0.05) is 26.7 Å². The van der Waals surface area contributed by atoms with E-state index >= 15 is 0 Å². The molecule has 0 radical (unpaired) electrons. The normalized spacial score (nSPS) is 9.94. The number of nitrogens with zero attached hydrogens (tertiary/aromatic N) is 3. The second-order valence-electron chi connectivity index (χ2n) is 3.62. The number of nitro groups is 1. The second kappa shape index (κ2) is 5.29. The quantitative estimate of drug-likeness (QED) is 0.610. The third kappa shape index (κ3) is 2.82. The van der Waals surface area contributed by atoms with E-state index in [2.05, 4.69) is 10.3 Å². The van der Waals surface area contributed by atoms with E-state index in [4.69, 9.17) is 0 Å². The van der Waals surface area contributed by atoms with Crippen molar-refractivity contribution in [2.45, 2.75) is 13.3 Å². The first-order chi connectivity index (χ1) is 7.56. The Balaban J connectivity index is 3.02. The van der Waals surface area contributed by atoms with Crippen molar-refractivity contribution in [1.82, 2.24) is 4.98 Å². The SMILES string of the molecule is CCCNc1ccc([N+](=O)[O-])c(N(C)C)n1. The maximum atomic E-state index is 10.8. The molecule has 0 aliphatic heterocycles. The summed E-state index contributed by atoms with van der Waals surface area (Å²) in [6.45, 7) is 2.85. The van der Waals surface area contributed by atoms with Crippen LogP contribution in [-0.4, -0.2) is 30.5 Å². The zero-order chi connectivity index (χ0) is 12.1. The average Bonchev–Trinajstić information content (AvgIpc) is 2.25. The fourth-order valence-electron chi connectivity index (χ4n) is 1.26. The molecule has 0 spiro atoms. The summed E-state index contributed by atoms with van der Waals surface area (Å²) in [4.78, 5) is 16.2. The minimum Gasteiger partial charge on any atom is -0.370 e. The van der Waals surface area contributed by atoms with Gasteiger partial charge in [0.1, 0.15) is 5.82 Å². The summed E-state index contributed by atoms with van der Waals surface area (Å²) in [6, 6.07) is 3.10. The molecular weight excluding hydrogens is 208 g/mol. The van der Waals surface area contributed by atoms with E-state index in [1.54, 1.807) is 25.1 Å². The lowest BCUT2D eigenvalue weighted by Crippen LogP contribution is -2.14. The highest BCUT2D eigenvalue weighted by molar-refractivity contribution is 5.61. The number of hydrogen-bond donors (Lipinski definition) is 1. The lowest BCUT2D eigenvalue weighted by Gasteiger charge is -2.13. The van der Waals surface area contributed by atoms with Gasteiger partial charge in [0.2, 0.25) is 5.82 Å². The van der Waals surface area contributed by atoms with Crippen LogP contribution in [0, 0.1) is 10.1 Å². The molecular formula is C10H16N4O2. The first-order valence-electron chi connectivity index (χ1n) is 5.13. The highest BCUT2D eigenvalue weighted by Crippen LogP contribution is 2.25. The van der Waals surface area contributed by atoms with Gasteiger partial charge >= 0.3 is 5.69 Å². The minimum atomic E-state index is -0.425. The summed E-state index contributed by atoms with van der Waals surface area (Å²) in [5.74, 6) is 1.03. The summed E-state index contributed by atoms with van der Waals surface area (Å²) in [6.07, 6.45) is 0.982. The van der Waals surface area contributed by atoms with E-state index in [1.165, 1.54) is 6.07 Å². The van der Waals surface area contributed by atoms with Gasteiger partial charge in [-0.3, -0.25) is 10.1 Å². The number of anilines is 2. The molecule has 0 aliphatic rings. The molecule has 16 heavy (non-hydrogen) atoms. The van der Waals surface area contributed by atoms with Crippen LogP contribution in [0.4, 0.5) is 17.3 Å². The molecule has 1 aromatic heterocycles. The highest BCUT2D eigenvalue weighted by Gasteiger charge is 2.17. The van der Waals surface area contributed by atoms with Crippen LogP contribution in [0.2, 0.25) is 0 Å². The molecule has 6 nitrogen and oxygen atoms in total. The summed E-state index contributed by atoms with van der Waals surface area (Å²) in [7, 11) is 3.47. The smallest absolute Gasteiger partial charge is 0.311 e. The van der Waals surface area contributed by atoms with Crippen LogP contribution in [0.25, 0.3) is 0 Å². The number of pyridine rings is 1. The van der Waals surface area contributed by atoms with Crippen molar-refractivity contribution in [1.29, 1.82) is 0 Å². The van der Waals surface area contributed by atoms with E-state index in [0.717, 1.165) is 13.0 Å². The van der Waals surface area contributed by atoms with Gasteiger partial charge in [-0.1, -0.05) is 6.92 Å². The van der Waals surface area contributed by atoms with Gasteiger partial charge in [-0.25, -0.2) is 4.98 Å². The van der Waals surface area contributed by atoms with Gasteiger partial charge in [0.05, 0.1) is 4.92 Å². The molecule has 1 rings (SSSR count). The van der Waals surface area contributed by atoms with E-state index in [9.17, 15) is 10.1 Å². The number of aromatic nitrogens is 1. The lowest BCUT2D eigenvalue weighted by molar-refractivity contribution is -0.384. The molecule has 0 bridgehead atoms. The Labute approximate surface area is 94.4 Å². The van der Waals surface area contributed by atoms with Gasteiger partial charge in [-0.15, -0.1) is 0 Å². The predicted molar refractivity (Wildman–Crippen MR) is 64.0 cm³/mol. The van der Waals surface area contributed by atoms with Crippen molar-refractivity contribution in [3.8, 4) is 0 Å². The van der Waals surface area contributed by atoms with Crippen LogP contribution < -0.4 is 10.2 Å². The van der Waals surface area contributed by atoms with Crippen molar-refractivity contribution >= 4 is 17.3 Å². The Morgan fingerprint density at radius 1 is 1.50 bits per heavy atom. The van der Waals surface area contributed by atoms with Gasteiger partial charge in [0.15, 0.2) is 0 Å². The van der Waals surface area contributed by atoms with Gasteiger partial charge in [-0.05, 0) is 12.5 Å². The van der Waals surface area contributed by atoms with Crippen LogP contribution in [0.3, 0.4) is 0 Å². The second-order valence-corrected chi connectivity index (χ2v) is 3.62. The first-order valence-corrected chi connectivity index (χ1v) is 5.13. The molecule has 6 heteroatoms. The Morgan fingerprint density at radius 2 is 2.19 bits per heavy atom. The molecule has 1 heterocycles. The third-order valence-corrected chi connectivity index (χ3v) is 2.03. The monoisotopic (exact) mass is 224 g/mol. The fourth-order valence-corrected chi connectivity index (χ4v) is 1.26. The molecule has 1 N–H and O–H groups in total. The van der Waals surface area contributed by atoms with Crippen LogP contribution in [0.5, 0.6) is 0 Å². The third-order valence-electron chi connectivity index (χ3n) is 2.03. The zero-order valence-corrected chi connectivity index (χ0v) is 9.73. The molecule has 0 atom stereocenters. The molecule has 0 aromatic carbocycles. The van der Waals surface area contributed by atoms with E-state index in [1.807, 2.05) is 6.92 Å². The average molecular weight is 224 g/mol. The van der Waals surface area contributed by atoms with Crippen molar-refractivity contribution in [2.75, 3.05) is 30.9 Å². The summed E-state index contributed by atoms with van der Waals surface area (Å²) >= 11 is 0. The molecule has 0 unspecified atom stereocenters. The Kier molecular flexibility index (Phi) is 4.04. The lowest BCUT2D eigenvalue weighted by atomic mass is 10.3. The standard InChI is InChI=1S/C10H16N4O2/c1-4-7-11-9-6-5-8(14(15)16)10(12-9)13(2)3/h5-6H,4,7H2,1-3H3,(H,11,12). The van der Waals surface area contributed by atoms with Crippen molar-refractivity contribution in [2.24, 2.45) is 0 Å². The summed E-state index contributed by atoms with van der Waals surface area (Å²) < 4.78 is 0. The van der Waals surface area contributed by atoms with Crippen LogP contribution in [-0.2, 0) is 0 Å². The fraction of sp³-hybridized carbons (Fsp3) is 0.500. The van der Waals surface area contributed by atoms with Crippen molar-refractivity contribution < 1.29 is 4.92 Å². The topological polar surface area (TPSA) is 71.3 Å². The Bertz CT molecular complexity index is 379. The molecule has 88 valence electrons. The molecule has 0 amide bonds. The number of hydrogen-bond acceptors (Lipinski definition) is 5. The summed E-state index contributed by atoms with van der Waals surface area (Å²) in [5.41, 5.74) is 0.0204. The van der Waals surface area contributed by atoms with Crippen molar-refractivity contribution in [3.63, 3.8) is 0 Å². The van der Waals surface area contributed by atoms with Crippen LogP contribution >= 0.6 is 0 Å². The van der Waals surface area contributed by atoms with Gasteiger partial charge in [-0.2, -0.15) is 0 Å². The predicted octanol–water partition coefficient (Wildman–Crippen LogP) is 1.88. The maximum Gasteiger partial charge on any atom is 0.311 e. The molecule has 0 saturated carbocycles. The zero-order valence-electron chi connectivity index (χ0n) is 9.73. The van der Waals surface area contributed by atoms with Gasteiger partial charge < -0.3 is 10.2 Å². The number of rotatable bonds is 5. The molecule has 1 aromatic rings. The first kappa shape index (κ1) is 12.2. The van der Waals surface area contributed by atoms with Crippen LogP contribution in [0.15, 0.2) is 12.1 Å². The molecule has 0 aliphatic carbocycles. The summed E-state index contributed by atoms with van der Waals surface area (Å²) in [5, 5.41) is 13.9.